The normalized spacial score (nSPS) is 10.7. The maximum atomic E-state index is 12.4. The molecule has 0 aliphatic rings. The minimum absolute atomic E-state index is 0.00586. The zero-order chi connectivity index (χ0) is 16.6. The van der Waals surface area contributed by atoms with E-state index in [1.165, 1.54) is 6.07 Å². The van der Waals surface area contributed by atoms with Crippen molar-refractivity contribution in [3.05, 3.63) is 75.1 Å². The van der Waals surface area contributed by atoms with Gasteiger partial charge in [-0.25, -0.2) is 0 Å². The Kier molecular flexibility index (Phi) is 3.74. The molecule has 4 heteroatoms. The van der Waals surface area contributed by atoms with Crippen molar-refractivity contribution in [2.45, 2.75) is 20.8 Å². The Balaban J connectivity index is 1.98. The molecule has 2 aromatic carbocycles. The van der Waals surface area contributed by atoms with Crippen LogP contribution in [0.25, 0.3) is 11.0 Å². The lowest BCUT2D eigenvalue weighted by Gasteiger charge is -2.09. The van der Waals surface area contributed by atoms with Crippen molar-refractivity contribution >= 4 is 22.6 Å². The molecule has 0 atom stereocenters. The van der Waals surface area contributed by atoms with E-state index in [1.807, 2.05) is 45.0 Å². The van der Waals surface area contributed by atoms with Gasteiger partial charge in [0, 0.05) is 11.8 Å². The number of rotatable bonds is 2. The number of fused-ring (bicyclic) bond motifs is 1. The minimum Gasteiger partial charge on any atom is -0.451 e. The van der Waals surface area contributed by atoms with E-state index < -0.39 is 5.91 Å². The fourth-order valence-electron chi connectivity index (χ4n) is 2.52. The van der Waals surface area contributed by atoms with Crippen molar-refractivity contribution in [2.24, 2.45) is 0 Å². The lowest BCUT2D eigenvalue weighted by molar-refractivity contribution is 0.0997. The lowest BCUT2D eigenvalue weighted by Crippen LogP contribution is -2.15. The van der Waals surface area contributed by atoms with E-state index in [1.54, 1.807) is 12.1 Å². The standard InChI is InChI=1S/C19H17NO3/c1-11-4-6-15(13(3)8-11)20-19(22)18-10-16(21)14-9-12(2)5-7-17(14)23-18/h4-10H,1-3H3,(H,20,22). The summed E-state index contributed by atoms with van der Waals surface area (Å²) >= 11 is 0. The summed E-state index contributed by atoms with van der Waals surface area (Å²) < 4.78 is 5.58. The fourth-order valence-corrected chi connectivity index (χ4v) is 2.52. The summed E-state index contributed by atoms with van der Waals surface area (Å²) in [7, 11) is 0. The molecule has 1 aromatic heterocycles. The van der Waals surface area contributed by atoms with Crippen molar-refractivity contribution in [3.63, 3.8) is 0 Å². The molecule has 0 spiro atoms. The third-order valence-electron chi connectivity index (χ3n) is 3.74. The molecule has 23 heavy (non-hydrogen) atoms. The van der Waals surface area contributed by atoms with E-state index in [2.05, 4.69) is 5.32 Å². The molecule has 1 amide bonds. The van der Waals surface area contributed by atoms with Gasteiger partial charge < -0.3 is 9.73 Å². The van der Waals surface area contributed by atoms with Crippen LogP contribution in [-0.2, 0) is 0 Å². The van der Waals surface area contributed by atoms with Crippen molar-refractivity contribution in [1.29, 1.82) is 0 Å². The summed E-state index contributed by atoms with van der Waals surface area (Å²) in [5, 5.41) is 3.27. The average molecular weight is 307 g/mol. The Morgan fingerprint density at radius 1 is 0.957 bits per heavy atom. The van der Waals surface area contributed by atoms with Crippen LogP contribution in [0.4, 0.5) is 5.69 Å². The minimum atomic E-state index is -0.434. The van der Waals surface area contributed by atoms with Crippen molar-refractivity contribution in [2.75, 3.05) is 5.32 Å². The maximum absolute atomic E-state index is 12.4. The molecule has 3 aromatic rings. The van der Waals surface area contributed by atoms with Gasteiger partial charge in [-0.05, 0) is 44.5 Å². The summed E-state index contributed by atoms with van der Waals surface area (Å²) in [5.74, 6) is -0.428. The Bertz CT molecular complexity index is 970. The van der Waals surface area contributed by atoms with Crippen LogP contribution in [0.15, 0.2) is 51.7 Å². The van der Waals surface area contributed by atoms with Gasteiger partial charge in [0.05, 0.1) is 5.39 Å². The molecule has 116 valence electrons. The number of carbonyl (C=O) groups is 1. The molecule has 3 rings (SSSR count). The fraction of sp³-hybridized carbons (Fsp3) is 0.158. The van der Waals surface area contributed by atoms with Crippen LogP contribution >= 0.6 is 0 Å². The Hall–Kier alpha value is -2.88. The molecule has 0 unspecified atom stereocenters. The van der Waals surface area contributed by atoms with Crippen molar-refractivity contribution < 1.29 is 9.21 Å². The summed E-state index contributed by atoms with van der Waals surface area (Å²) in [5.41, 5.74) is 3.93. The zero-order valence-electron chi connectivity index (χ0n) is 13.3. The van der Waals surface area contributed by atoms with Gasteiger partial charge in [-0.15, -0.1) is 0 Å². The largest absolute Gasteiger partial charge is 0.451 e. The molecule has 0 saturated carbocycles. The topological polar surface area (TPSA) is 59.3 Å². The van der Waals surface area contributed by atoms with Gasteiger partial charge in [0.2, 0.25) is 0 Å². The highest BCUT2D eigenvalue weighted by molar-refractivity contribution is 6.03. The molecular weight excluding hydrogens is 290 g/mol. The number of aryl methyl sites for hydroxylation is 3. The van der Waals surface area contributed by atoms with E-state index in [9.17, 15) is 9.59 Å². The second-order valence-electron chi connectivity index (χ2n) is 5.75. The van der Waals surface area contributed by atoms with Gasteiger partial charge in [0.1, 0.15) is 5.58 Å². The van der Waals surface area contributed by atoms with Crippen LogP contribution in [0.1, 0.15) is 27.2 Å². The summed E-state index contributed by atoms with van der Waals surface area (Å²) in [6.07, 6.45) is 0. The Labute approximate surface area is 133 Å². The number of benzene rings is 2. The molecule has 0 aliphatic carbocycles. The van der Waals surface area contributed by atoms with Crippen molar-refractivity contribution in [1.82, 2.24) is 0 Å². The maximum Gasteiger partial charge on any atom is 0.291 e. The van der Waals surface area contributed by atoms with Gasteiger partial charge in [0.25, 0.3) is 5.91 Å². The molecule has 0 saturated heterocycles. The monoisotopic (exact) mass is 307 g/mol. The average Bonchev–Trinajstić information content (AvgIpc) is 2.50. The predicted molar refractivity (Wildman–Crippen MR) is 91.1 cm³/mol. The van der Waals surface area contributed by atoms with Crippen LogP contribution in [0, 0.1) is 20.8 Å². The van der Waals surface area contributed by atoms with Gasteiger partial charge >= 0.3 is 0 Å². The molecule has 1 heterocycles. The first kappa shape index (κ1) is 15.0. The first-order valence-electron chi connectivity index (χ1n) is 7.37. The third-order valence-corrected chi connectivity index (χ3v) is 3.74. The van der Waals surface area contributed by atoms with Gasteiger partial charge in [-0.3, -0.25) is 9.59 Å². The van der Waals surface area contributed by atoms with E-state index in [0.717, 1.165) is 16.7 Å². The van der Waals surface area contributed by atoms with Gasteiger partial charge in [-0.2, -0.15) is 0 Å². The van der Waals surface area contributed by atoms with Crippen LogP contribution in [-0.4, -0.2) is 5.91 Å². The molecular formula is C19H17NO3. The third kappa shape index (κ3) is 3.01. The van der Waals surface area contributed by atoms with Crippen molar-refractivity contribution in [3.8, 4) is 0 Å². The lowest BCUT2D eigenvalue weighted by atomic mass is 10.1. The Morgan fingerprint density at radius 3 is 2.39 bits per heavy atom. The van der Waals surface area contributed by atoms with Gasteiger partial charge in [-0.1, -0.05) is 29.3 Å². The number of anilines is 1. The molecule has 1 N–H and O–H groups in total. The number of hydrogen-bond donors (Lipinski definition) is 1. The number of amides is 1. The van der Waals surface area contributed by atoms with Crippen LogP contribution in [0.5, 0.6) is 0 Å². The van der Waals surface area contributed by atoms with Gasteiger partial charge in [0.15, 0.2) is 11.2 Å². The molecule has 0 fully saturated rings. The molecule has 0 bridgehead atoms. The second-order valence-corrected chi connectivity index (χ2v) is 5.75. The highest BCUT2D eigenvalue weighted by Crippen LogP contribution is 2.18. The van der Waals surface area contributed by atoms with E-state index in [0.29, 0.717) is 16.7 Å². The van der Waals surface area contributed by atoms with Crippen LogP contribution in [0.3, 0.4) is 0 Å². The van der Waals surface area contributed by atoms with E-state index in [4.69, 9.17) is 4.42 Å². The number of hydrogen-bond acceptors (Lipinski definition) is 3. The number of nitrogens with one attached hydrogen (secondary N) is 1. The molecule has 4 nitrogen and oxygen atoms in total. The summed E-state index contributed by atoms with van der Waals surface area (Å²) in [6, 6.07) is 12.3. The highest BCUT2D eigenvalue weighted by Gasteiger charge is 2.13. The molecule has 0 aliphatic heterocycles. The van der Waals surface area contributed by atoms with E-state index in [-0.39, 0.29) is 11.2 Å². The first-order chi connectivity index (χ1) is 10.9. The SMILES string of the molecule is Cc1ccc(NC(=O)c2cc(=O)c3cc(C)ccc3o2)c(C)c1. The zero-order valence-corrected chi connectivity index (χ0v) is 13.3. The highest BCUT2D eigenvalue weighted by atomic mass is 16.3. The summed E-state index contributed by atoms with van der Waals surface area (Å²) in [4.78, 5) is 24.6. The smallest absolute Gasteiger partial charge is 0.291 e. The number of carbonyl (C=O) groups excluding carboxylic acids is 1. The summed E-state index contributed by atoms with van der Waals surface area (Å²) in [6.45, 7) is 5.81. The first-order valence-corrected chi connectivity index (χ1v) is 7.37. The Morgan fingerprint density at radius 2 is 1.65 bits per heavy atom. The van der Waals surface area contributed by atoms with Crippen LogP contribution in [0.2, 0.25) is 0 Å². The second kappa shape index (κ2) is 5.72. The molecule has 0 radical (unpaired) electrons. The van der Waals surface area contributed by atoms with Crippen LogP contribution < -0.4 is 10.7 Å². The predicted octanol–water partition coefficient (Wildman–Crippen LogP) is 3.97. The quantitative estimate of drug-likeness (QED) is 0.779. The van der Waals surface area contributed by atoms with E-state index >= 15 is 0 Å².